The summed E-state index contributed by atoms with van der Waals surface area (Å²) in [7, 11) is 0. The molecule has 0 aliphatic rings. The third-order valence-electron chi connectivity index (χ3n) is 3.10. The van der Waals surface area contributed by atoms with Crippen molar-refractivity contribution in [2.45, 2.75) is 32.7 Å². The van der Waals surface area contributed by atoms with E-state index in [1.165, 1.54) is 20.9 Å². The zero-order chi connectivity index (χ0) is 13.1. The summed E-state index contributed by atoms with van der Waals surface area (Å²) in [5.41, 5.74) is 8.74. The molecule has 0 aliphatic carbocycles. The van der Waals surface area contributed by atoms with Crippen molar-refractivity contribution in [3.63, 3.8) is 0 Å². The van der Waals surface area contributed by atoms with Crippen molar-refractivity contribution >= 4 is 27.3 Å². The van der Waals surface area contributed by atoms with Gasteiger partial charge in [-0.15, -0.1) is 11.3 Å². The van der Waals surface area contributed by atoms with Gasteiger partial charge in [-0.1, -0.05) is 35.0 Å². The Bertz CT molecular complexity index is 533. The van der Waals surface area contributed by atoms with E-state index in [0.29, 0.717) is 0 Å². The normalized spacial score (nSPS) is 12.7. The molecule has 1 aromatic heterocycles. The van der Waals surface area contributed by atoms with Crippen molar-refractivity contribution < 1.29 is 0 Å². The Kier molecular flexibility index (Phi) is 4.60. The molecule has 0 saturated carbocycles. The standard InChI is InChI=1S/C15H18BrNS/c1-3-12-5-6-13(18-12)9-15(17)11-4-7-14(16)10(2)8-11/h4-8,15H,3,9,17H2,1-2H3. The number of halogens is 1. The van der Waals surface area contributed by atoms with Gasteiger partial charge in [0.1, 0.15) is 0 Å². The van der Waals surface area contributed by atoms with Gasteiger partial charge in [0.2, 0.25) is 0 Å². The van der Waals surface area contributed by atoms with E-state index in [1.54, 1.807) is 0 Å². The van der Waals surface area contributed by atoms with Crippen molar-refractivity contribution in [1.82, 2.24) is 0 Å². The predicted octanol–water partition coefficient (Wildman–Crippen LogP) is 4.62. The number of nitrogens with two attached hydrogens (primary N) is 1. The van der Waals surface area contributed by atoms with Crippen molar-refractivity contribution in [2.75, 3.05) is 0 Å². The van der Waals surface area contributed by atoms with Crippen LogP contribution in [-0.2, 0) is 12.8 Å². The summed E-state index contributed by atoms with van der Waals surface area (Å²) < 4.78 is 1.14. The van der Waals surface area contributed by atoms with E-state index >= 15 is 0 Å². The molecule has 1 heterocycles. The molecule has 2 aromatic rings. The van der Waals surface area contributed by atoms with Gasteiger partial charge < -0.3 is 5.73 Å². The molecule has 3 heteroatoms. The molecule has 1 atom stereocenters. The molecule has 0 saturated heterocycles. The van der Waals surface area contributed by atoms with Crippen LogP contribution in [0.15, 0.2) is 34.8 Å². The molecule has 0 bridgehead atoms. The second-order valence-corrected chi connectivity index (χ2v) is 6.65. The van der Waals surface area contributed by atoms with Crippen LogP contribution in [0.4, 0.5) is 0 Å². The first-order chi connectivity index (χ1) is 8.60. The van der Waals surface area contributed by atoms with Crippen LogP contribution in [0, 0.1) is 6.92 Å². The highest BCUT2D eigenvalue weighted by Crippen LogP contribution is 2.25. The molecule has 2 N–H and O–H groups in total. The fourth-order valence-corrected chi connectivity index (χ4v) is 3.22. The van der Waals surface area contributed by atoms with E-state index in [0.717, 1.165) is 17.3 Å². The lowest BCUT2D eigenvalue weighted by molar-refractivity contribution is 0.729. The first-order valence-corrected chi connectivity index (χ1v) is 7.80. The Morgan fingerprint density at radius 2 is 1.94 bits per heavy atom. The van der Waals surface area contributed by atoms with Crippen LogP contribution in [0.3, 0.4) is 0 Å². The van der Waals surface area contributed by atoms with Crippen molar-refractivity contribution in [3.8, 4) is 0 Å². The molecule has 0 aliphatic heterocycles. The van der Waals surface area contributed by atoms with Crippen LogP contribution in [-0.4, -0.2) is 0 Å². The lowest BCUT2D eigenvalue weighted by Gasteiger charge is -2.12. The topological polar surface area (TPSA) is 26.0 Å². The number of benzene rings is 1. The molecule has 0 amide bonds. The molecule has 96 valence electrons. The molecule has 1 nitrogen and oxygen atoms in total. The quantitative estimate of drug-likeness (QED) is 0.872. The number of thiophene rings is 1. The van der Waals surface area contributed by atoms with Crippen molar-refractivity contribution in [1.29, 1.82) is 0 Å². The fourth-order valence-electron chi connectivity index (χ4n) is 1.96. The van der Waals surface area contributed by atoms with Crippen LogP contribution in [0.25, 0.3) is 0 Å². The van der Waals surface area contributed by atoms with Gasteiger partial charge in [-0.3, -0.25) is 0 Å². The summed E-state index contributed by atoms with van der Waals surface area (Å²) in [5.74, 6) is 0. The Hall–Kier alpha value is -0.640. The molecule has 18 heavy (non-hydrogen) atoms. The number of rotatable bonds is 4. The molecule has 1 aromatic carbocycles. The Morgan fingerprint density at radius 1 is 1.22 bits per heavy atom. The third-order valence-corrected chi connectivity index (χ3v) is 5.24. The summed E-state index contributed by atoms with van der Waals surface area (Å²) in [5, 5.41) is 0. The van der Waals surface area contributed by atoms with Gasteiger partial charge in [0.05, 0.1) is 0 Å². The molecule has 1 unspecified atom stereocenters. The highest BCUT2D eigenvalue weighted by Gasteiger charge is 2.10. The maximum absolute atomic E-state index is 6.29. The summed E-state index contributed by atoms with van der Waals surface area (Å²) in [6, 6.07) is 10.9. The molecular formula is C15H18BrNS. The summed E-state index contributed by atoms with van der Waals surface area (Å²) in [6.07, 6.45) is 2.03. The predicted molar refractivity (Wildman–Crippen MR) is 83.2 cm³/mol. The van der Waals surface area contributed by atoms with Crippen LogP contribution in [0.5, 0.6) is 0 Å². The number of hydrogen-bond acceptors (Lipinski definition) is 2. The summed E-state index contributed by atoms with van der Waals surface area (Å²) in [6.45, 7) is 4.29. The average Bonchev–Trinajstić information content (AvgIpc) is 2.80. The van der Waals surface area contributed by atoms with Crippen molar-refractivity contribution in [3.05, 3.63) is 55.7 Å². The Balaban J connectivity index is 2.11. The second-order valence-electron chi connectivity index (χ2n) is 4.54. The van der Waals surface area contributed by atoms with Gasteiger partial charge >= 0.3 is 0 Å². The van der Waals surface area contributed by atoms with Crippen molar-refractivity contribution in [2.24, 2.45) is 5.73 Å². The number of aryl methyl sites for hydroxylation is 2. The lowest BCUT2D eigenvalue weighted by atomic mass is 10.0. The highest BCUT2D eigenvalue weighted by atomic mass is 79.9. The largest absolute Gasteiger partial charge is 0.324 e. The molecule has 2 rings (SSSR count). The van der Waals surface area contributed by atoms with Crippen LogP contribution < -0.4 is 5.73 Å². The minimum atomic E-state index is 0.0835. The molecule has 0 radical (unpaired) electrons. The minimum Gasteiger partial charge on any atom is -0.324 e. The molecule has 0 spiro atoms. The highest BCUT2D eigenvalue weighted by molar-refractivity contribution is 9.10. The van der Waals surface area contributed by atoms with E-state index in [1.807, 2.05) is 11.3 Å². The first kappa shape index (κ1) is 13.8. The Morgan fingerprint density at radius 3 is 2.56 bits per heavy atom. The minimum absolute atomic E-state index is 0.0835. The Labute approximate surface area is 121 Å². The van der Waals surface area contributed by atoms with Gasteiger partial charge in [0.15, 0.2) is 0 Å². The third kappa shape index (κ3) is 3.22. The molecular weight excluding hydrogens is 306 g/mol. The zero-order valence-electron chi connectivity index (χ0n) is 10.7. The van der Waals surface area contributed by atoms with Crippen LogP contribution in [0.1, 0.15) is 33.8 Å². The van der Waals surface area contributed by atoms with Gasteiger partial charge in [0.25, 0.3) is 0 Å². The lowest BCUT2D eigenvalue weighted by Crippen LogP contribution is -2.12. The monoisotopic (exact) mass is 323 g/mol. The maximum atomic E-state index is 6.29. The van der Waals surface area contributed by atoms with Gasteiger partial charge in [-0.25, -0.2) is 0 Å². The molecule has 0 fully saturated rings. The van der Waals surface area contributed by atoms with Gasteiger partial charge in [-0.05, 0) is 42.7 Å². The van der Waals surface area contributed by atoms with E-state index in [4.69, 9.17) is 5.73 Å². The average molecular weight is 324 g/mol. The summed E-state index contributed by atoms with van der Waals surface area (Å²) >= 11 is 5.39. The smallest absolute Gasteiger partial charge is 0.0343 e. The van der Waals surface area contributed by atoms with E-state index in [9.17, 15) is 0 Å². The van der Waals surface area contributed by atoms with E-state index < -0.39 is 0 Å². The summed E-state index contributed by atoms with van der Waals surface area (Å²) in [4.78, 5) is 2.81. The number of hydrogen-bond donors (Lipinski definition) is 1. The zero-order valence-corrected chi connectivity index (χ0v) is 13.1. The second kappa shape index (κ2) is 6.00. The van der Waals surface area contributed by atoms with E-state index in [2.05, 4.69) is 60.1 Å². The maximum Gasteiger partial charge on any atom is 0.0343 e. The van der Waals surface area contributed by atoms with E-state index in [-0.39, 0.29) is 6.04 Å². The van der Waals surface area contributed by atoms with Gasteiger partial charge in [-0.2, -0.15) is 0 Å². The fraction of sp³-hybridized carbons (Fsp3) is 0.333. The van der Waals surface area contributed by atoms with Crippen LogP contribution in [0.2, 0.25) is 0 Å². The SMILES string of the molecule is CCc1ccc(CC(N)c2ccc(Br)c(C)c2)s1. The van der Waals surface area contributed by atoms with Gasteiger partial charge in [0, 0.05) is 26.7 Å². The van der Waals surface area contributed by atoms with Crippen LogP contribution >= 0.6 is 27.3 Å². The first-order valence-electron chi connectivity index (χ1n) is 6.19.